The van der Waals surface area contributed by atoms with E-state index in [0.29, 0.717) is 6.54 Å². The highest BCUT2D eigenvalue weighted by Gasteiger charge is 2.13. The molecule has 0 aliphatic rings. The van der Waals surface area contributed by atoms with E-state index in [2.05, 4.69) is 28.2 Å². The van der Waals surface area contributed by atoms with Gasteiger partial charge in [-0.3, -0.25) is 4.79 Å². The second-order valence-corrected chi connectivity index (χ2v) is 6.12. The molecule has 0 aliphatic heterocycles. The Bertz CT molecular complexity index is 340. The molecule has 3 nitrogen and oxygen atoms in total. The fourth-order valence-corrected chi connectivity index (χ4v) is 2.68. The number of amides is 1. The summed E-state index contributed by atoms with van der Waals surface area (Å²) in [6.45, 7) is 2.63. The molecule has 90 valence electrons. The largest absolute Gasteiger partial charge is 0.347 e. The van der Waals surface area contributed by atoms with E-state index in [1.807, 2.05) is 12.1 Å². The molecule has 0 aromatic carbocycles. The van der Waals surface area contributed by atoms with Crippen molar-refractivity contribution in [2.75, 3.05) is 6.54 Å². The molecule has 1 rings (SSSR count). The molecule has 0 bridgehead atoms. The normalized spacial score (nSPS) is 12.4. The highest BCUT2D eigenvalue weighted by atomic mass is 79.9. The second-order valence-electron chi connectivity index (χ2n) is 3.65. The molecule has 16 heavy (non-hydrogen) atoms. The Labute approximate surface area is 109 Å². The Morgan fingerprint density at radius 2 is 2.38 bits per heavy atom. The number of nitrogens with one attached hydrogen (secondary N) is 1. The minimum atomic E-state index is -0.0257. The van der Waals surface area contributed by atoms with Crippen LogP contribution < -0.4 is 11.1 Å². The molecule has 0 saturated heterocycles. The van der Waals surface area contributed by atoms with E-state index >= 15 is 0 Å². The maximum atomic E-state index is 11.8. The number of carbonyl (C=O) groups is 1. The van der Waals surface area contributed by atoms with Crippen LogP contribution in [0.3, 0.4) is 0 Å². The molecule has 0 spiro atoms. The predicted molar refractivity (Wildman–Crippen MR) is 71.9 cm³/mol. The number of halogens is 1. The zero-order valence-corrected chi connectivity index (χ0v) is 11.7. The summed E-state index contributed by atoms with van der Waals surface area (Å²) >= 11 is 4.78. The molecule has 5 heteroatoms. The predicted octanol–water partition coefficient (Wildman–Crippen LogP) is 2.76. The molecule has 1 aromatic heterocycles. The van der Waals surface area contributed by atoms with Gasteiger partial charge in [0.1, 0.15) is 0 Å². The van der Waals surface area contributed by atoms with Crippen LogP contribution in [0.15, 0.2) is 15.9 Å². The van der Waals surface area contributed by atoms with Crippen LogP contribution in [0, 0.1) is 0 Å². The summed E-state index contributed by atoms with van der Waals surface area (Å²) in [6, 6.07) is 3.79. The Morgan fingerprint density at radius 1 is 1.62 bits per heavy atom. The average Bonchev–Trinajstić information content (AvgIpc) is 2.70. The van der Waals surface area contributed by atoms with Crippen molar-refractivity contribution in [1.82, 2.24) is 5.32 Å². The van der Waals surface area contributed by atoms with Crippen molar-refractivity contribution in [2.45, 2.75) is 32.2 Å². The van der Waals surface area contributed by atoms with Crippen LogP contribution in [0.2, 0.25) is 0 Å². The van der Waals surface area contributed by atoms with Crippen LogP contribution in [-0.2, 0) is 0 Å². The number of hydrogen-bond donors (Lipinski definition) is 2. The van der Waals surface area contributed by atoms with Gasteiger partial charge in [0.15, 0.2) is 0 Å². The number of carbonyl (C=O) groups excluding carboxylic acids is 1. The average molecular weight is 305 g/mol. The van der Waals surface area contributed by atoms with Gasteiger partial charge in [0, 0.05) is 12.6 Å². The zero-order chi connectivity index (χ0) is 12.0. The number of hydrogen-bond acceptors (Lipinski definition) is 3. The van der Waals surface area contributed by atoms with Crippen molar-refractivity contribution in [3.05, 3.63) is 20.8 Å². The number of thiophene rings is 1. The first-order valence-corrected chi connectivity index (χ1v) is 7.04. The lowest BCUT2D eigenvalue weighted by Gasteiger charge is -2.15. The van der Waals surface area contributed by atoms with Crippen LogP contribution in [0.1, 0.15) is 35.9 Å². The number of nitrogens with two attached hydrogens (primary N) is 1. The summed E-state index contributed by atoms with van der Waals surface area (Å²) in [6.07, 6.45) is 3.17. The van der Waals surface area contributed by atoms with Crippen molar-refractivity contribution in [3.63, 3.8) is 0 Å². The van der Waals surface area contributed by atoms with E-state index in [9.17, 15) is 4.79 Å². The summed E-state index contributed by atoms with van der Waals surface area (Å²) < 4.78 is 0.968. The van der Waals surface area contributed by atoms with Gasteiger partial charge < -0.3 is 11.1 Å². The molecular weight excluding hydrogens is 288 g/mol. The third-order valence-electron chi connectivity index (χ3n) is 2.32. The lowest BCUT2D eigenvalue weighted by molar-refractivity contribution is 0.0940. The summed E-state index contributed by atoms with van der Waals surface area (Å²) in [4.78, 5) is 12.5. The fraction of sp³-hybridized carbons (Fsp3) is 0.545. The maximum Gasteiger partial charge on any atom is 0.261 e. The van der Waals surface area contributed by atoms with Gasteiger partial charge in [0.2, 0.25) is 0 Å². The first kappa shape index (κ1) is 13.7. The van der Waals surface area contributed by atoms with Crippen LogP contribution in [0.25, 0.3) is 0 Å². The van der Waals surface area contributed by atoms with Crippen molar-refractivity contribution in [1.29, 1.82) is 0 Å². The van der Waals surface area contributed by atoms with Crippen LogP contribution >= 0.6 is 27.3 Å². The quantitative estimate of drug-likeness (QED) is 0.849. The van der Waals surface area contributed by atoms with Crippen LogP contribution in [-0.4, -0.2) is 18.5 Å². The summed E-state index contributed by atoms with van der Waals surface area (Å²) in [5.41, 5.74) is 5.62. The van der Waals surface area contributed by atoms with Gasteiger partial charge in [-0.2, -0.15) is 0 Å². The number of rotatable bonds is 6. The molecule has 0 aliphatic carbocycles. The van der Waals surface area contributed by atoms with Gasteiger partial charge in [-0.15, -0.1) is 11.3 Å². The molecule has 1 amide bonds. The van der Waals surface area contributed by atoms with Gasteiger partial charge in [0.05, 0.1) is 8.66 Å². The summed E-state index contributed by atoms with van der Waals surface area (Å²) in [5, 5.41) is 2.96. The van der Waals surface area contributed by atoms with Gasteiger partial charge in [-0.1, -0.05) is 19.8 Å². The fourth-order valence-electron chi connectivity index (χ4n) is 1.39. The van der Waals surface area contributed by atoms with Crippen molar-refractivity contribution < 1.29 is 4.79 Å². The minimum absolute atomic E-state index is 0.0257. The Balaban J connectivity index is 2.48. The first-order chi connectivity index (χ1) is 7.67. The van der Waals surface area contributed by atoms with E-state index < -0.39 is 0 Å². The summed E-state index contributed by atoms with van der Waals surface area (Å²) in [5.74, 6) is -0.0257. The topological polar surface area (TPSA) is 55.1 Å². The van der Waals surface area contributed by atoms with E-state index in [1.165, 1.54) is 11.3 Å². The highest BCUT2D eigenvalue weighted by Crippen LogP contribution is 2.21. The molecule has 1 heterocycles. The SMILES string of the molecule is CCCCC(CN)NC(=O)c1ccc(Br)s1. The third-order valence-corrected chi connectivity index (χ3v) is 3.95. The minimum Gasteiger partial charge on any atom is -0.347 e. The van der Waals surface area contributed by atoms with Gasteiger partial charge in [-0.05, 0) is 34.5 Å². The van der Waals surface area contributed by atoms with E-state index in [0.717, 1.165) is 27.9 Å². The smallest absolute Gasteiger partial charge is 0.261 e. The lowest BCUT2D eigenvalue weighted by Crippen LogP contribution is -2.39. The molecular formula is C11H17BrN2OS. The molecule has 3 N–H and O–H groups in total. The molecule has 1 unspecified atom stereocenters. The van der Waals surface area contributed by atoms with Crippen molar-refractivity contribution >= 4 is 33.2 Å². The highest BCUT2D eigenvalue weighted by molar-refractivity contribution is 9.11. The molecule has 1 aromatic rings. The van der Waals surface area contributed by atoms with Crippen LogP contribution in [0.4, 0.5) is 0 Å². The monoisotopic (exact) mass is 304 g/mol. The second kappa shape index (κ2) is 7.04. The van der Waals surface area contributed by atoms with Crippen molar-refractivity contribution in [2.24, 2.45) is 5.73 Å². The standard InChI is InChI=1S/C11H17BrN2OS/c1-2-3-4-8(7-13)14-11(15)9-5-6-10(12)16-9/h5-6,8H,2-4,7,13H2,1H3,(H,14,15). The number of unbranched alkanes of at least 4 members (excludes halogenated alkanes) is 1. The van der Waals surface area contributed by atoms with Gasteiger partial charge >= 0.3 is 0 Å². The van der Waals surface area contributed by atoms with E-state index in [-0.39, 0.29) is 11.9 Å². The maximum absolute atomic E-state index is 11.8. The molecule has 0 radical (unpaired) electrons. The molecule has 0 fully saturated rings. The molecule has 0 saturated carbocycles. The Morgan fingerprint density at radius 3 is 2.88 bits per heavy atom. The first-order valence-electron chi connectivity index (χ1n) is 5.43. The zero-order valence-electron chi connectivity index (χ0n) is 9.33. The van der Waals surface area contributed by atoms with E-state index in [1.54, 1.807) is 0 Å². The Hall–Kier alpha value is -0.390. The Kier molecular flexibility index (Phi) is 6.01. The third kappa shape index (κ3) is 4.23. The van der Waals surface area contributed by atoms with Crippen LogP contribution in [0.5, 0.6) is 0 Å². The molecule has 1 atom stereocenters. The van der Waals surface area contributed by atoms with Gasteiger partial charge in [-0.25, -0.2) is 0 Å². The summed E-state index contributed by atoms with van der Waals surface area (Å²) in [7, 11) is 0. The lowest BCUT2D eigenvalue weighted by atomic mass is 10.1. The van der Waals surface area contributed by atoms with E-state index in [4.69, 9.17) is 5.73 Å². The van der Waals surface area contributed by atoms with Gasteiger partial charge in [0.25, 0.3) is 5.91 Å². The van der Waals surface area contributed by atoms with Crippen molar-refractivity contribution in [3.8, 4) is 0 Å².